The molecule has 178 valence electrons. The zero-order valence-corrected chi connectivity index (χ0v) is 20.3. The monoisotopic (exact) mass is 471 g/mol. The Hall–Kier alpha value is -2.65. The second-order valence-electron chi connectivity index (χ2n) is 8.89. The Balaban J connectivity index is 1.31. The Kier molecular flexibility index (Phi) is 7.19. The quantitative estimate of drug-likeness (QED) is 0.725. The predicted molar refractivity (Wildman–Crippen MR) is 129 cm³/mol. The van der Waals surface area contributed by atoms with E-state index in [1.54, 1.807) is 17.2 Å². The second kappa shape index (κ2) is 10.1. The van der Waals surface area contributed by atoms with Crippen LogP contribution in [0.2, 0.25) is 0 Å². The van der Waals surface area contributed by atoms with E-state index >= 15 is 0 Å². The van der Waals surface area contributed by atoms with Crippen molar-refractivity contribution in [2.24, 2.45) is 0 Å². The molecule has 9 heteroatoms. The number of rotatable bonds is 5. The number of nitrogens with zero attached hydrogens (tertiary/aromatic N) is 4. The van der Waals surface area contributed by atoms with E-state index in [1.165, 1.54) is 23.6 Å². The number of pyridine rings is 1. The summed E-state index contributed by atoms with van der Waals surface area (Å²) in [6.45, 7) is 7.55. The van der Waals surface area contributed by atoms with E-state index in [2.05, 4.69) is 15.2 Å². The van der Waals surface area contributed by atoms with Gasteiger partial charge in [0, 0.05) is 52.0 Å². The molecule has 3 heterocycles. The third-order valence-corrected chi connectivity index (χ3v) is 8.47. The van der Waals surface area contributed by atoms with E-state index in [9.17, 15) is 13.2 Å². The van der Waals surface area contributed by atoms with Crippen LogP contribution >= 0.6 is 0 Å². The fraction of sp³-hybridized carbons (Fsp3) is 0.500. The number of aromatic nitrogens is 1. The largest absolute Gasteiger partial charge is 0.357 e. The lowest BCUT2D eigenvalue weighted by molar-refractivity contribution is 0.172. The zero-order valence-electron chi connectivity index (χ0n) is 19.5. The summed E-state index contributed by atoms with van der Waals surface area (Å²) in [5, 5.41) is 2.97. The Morgan fingerprint density at radius 3 is 2.39 bits per heavy atom. The summed E-state index contributed by atoms with van der Waals surface area (Å²) >= 11 is 0. The summed E-state index contributed by atoms with van der Waals surface area (Å²) < 4.78 is 27.6. The first-order valence-corrected chi connectivity index (χ1v) is 13.1. The molecule has 0 aliphatic carbocycles. The molecule has 0 atom stereocenters. The van der Waals surface area contributed by atoms with Crippen molar-refractivity contribution in [3.8, 4) is 0 Å². The Labute approximate surface area is 196 Å². The minimum atomic E-state index is -3.57. The second-order valence-corrected chi connectivity index (χ2v) is 10.8. The molecule has 4 rings (SSSR count). The lowest BCUT2D eigenvalue weighted by atomic mass is 10.1. The van der Waals surface area contributed by atoms with Gasteiger partial charge in [-0.15, -0.1) is 0 Å². The van der Waals surface area contributed by atoms with Gasteiger partial charge in [-0.05, 0) is 62.4 Å². The number of piperazine rings is 1. The highest BCUT2D eigenvalue weighted by molar-refractivity contribution is 7.89. The van der Waals surface area contributed by atoms with E-state index < -0.39 is 10.0 Å². The van der Waals surface area contributed by atoms with Crippen LogP contribution in [0.3, 0.4) is 0 Å². The predicted octanol–water partition coefficient (Wildman–Crippen LogP) is 2.90. The van der Waals surface area contributed by atoms with Crippen LogP contribution in [0.4, 0.5) is 10.6 Å². The van der Waals surface area contributed by atoms with Crippen LogP contribution in [-0.2, 0) is 16.6 Å². The Morgan fingerprint density at radius 1 is 0.970 bits per heavy atom. The summed E-state index contributed by atoms with van der Waals surface area (Å²) in [7, 11) is -3.57. The van der Waals surface area contributed by atoms with Crippen molar-refractivity contribution in [1.82, 2.24) is 19.5 Å². The fourth-order valence-electron chi connectivity index (χ4n) is 4.52. The van der Waals surface area contributed by atoms with Crippen LogP contribution in [-0.4, -0.2) is 67.9 Å². The molecular formula is C24H33N5O3S. The van der Waals surface area contributed by atoms with Crippen molar-refractivity contribution >= 4 is 21.9 Å². The molecule has 1 aromatic heterocycles. The average molecular weight is 472 g/mol. The number of hydrogen-bond acceptors (Lipinski definition) is 5. The van der Waals surface area contributed by atoms with Crippen LogP contribution in [0.25, 0.3) is 0 Å². The molecule has 2 aliphatic rings. The average Bonchev–Trinajstić information content (AvgIpc) is 2.83. The highest BCUT2D eigenvalue weighted by atomic mass is 32.2. The highest BCUT2D eigenvalue weighted by Crippen LogP contribution is 2.22. The molecule has 0 bridgehead atoms. The number of aryl methyl sites for hydroxylation is 2. The lowest BCUT2D eigenvalue weighted by Crippen LogP contribution is -2.53. The molecule has 0 radical (unpaired) electrons. The topological polar surface area (TPSA) is 85.8 Å². The van der Waals surface area contributed by atoms with Gasteiger partial charge >= 0.3 is 6.03 Å². The van der Waals surface area contributed by atoms with E-state index in [0.717, 1.165) is 35.6 Å². The summed E-state index contributed by atoms with van der Waals surface area (Å²) in [5.74, 6) is 0.965. The summed E-state index contributed by atoms with van der Waals surface area (Å²) in [5.41, 5.74) is 2.79. The van der Waals surface area contributed by atoms with Crippen molar-refractivity contribution in [3.05, 3.63) is 53.2 Å². The fourth-order valence-corrected chi connectivity index (χ4v) is 6.14. The molecule has 2 aromatic rings. The lowest BCUT2D eigenvalue weighted by Gasteiger charge is -2.34. The van der Waals surface area contributed by atoms with Crippen molar-refractivity contribution in [3.63, 3.8) is 0 Å². The van der Waals surface area contributed by atoms with Crippen molar-refractivity contribution in [2.75, 3.05) is 44.2 Å². The molecule has 1 aromatic carbocycles. The standard InChI is InChI=1S/C24H33N5O3S/c1-19-6-7-22(20(2)16-19)33(31,32)29-14-12-28(13-15-29)24(30)26-18-21-8-9-25-23(17-21)27-10-4-3-5-11-27/h6-9,16-17H,3-5,10-15,18H2,1-2H3,(H,26,30). The number of piperidine rings is 1. The van der Waals surface area contributed by atoms with Gasteiger partial charge in [-0.3, -0.25) is 0 Å². The normalized spacial score (nSPS) is 17.8. The van der Waals surface area contributed by atoms with E-state index in [-0.39, 0.29) is 19.1 Å². The van der Waals surface area contributed by atoms with Gasteiger partial charge in [0.2, 0.25) is 10.0 Å². The summed E-state index contributed by atoms with van der Waals surface area (Å²) in [4.78, 5) is 21.5. The minimum absolute atomic E-state index is 0.171. The molecule has 2 amide bonds. The number of anilines is 1. The number of carbonyl (C=O) groups excluding carboxylic acids is 1. The SMILES string of the molecule is Cc1ccc(S(=O)(=O)N2CCN(C(=O)NCc3ccnc(N4CCCCC4)c3)CC2)c(C)c1. The van der Waals surface area contributed by atoms with Gasteiger partial charge < -0.3 is 15.1 Å². The first kappa shape index (κ1) is 23.5. The van der Waals surface area contributed by atoms with Gasteiger partial charge in [-0.1, -0.05) is 17.7 Å². The molecule has 0 spiro atoms. The molecule has 1 N–H and O–H groups in total. The van der Waals surface area contributed by atoms with Crippen LogP contribution in [0.15, 0.2) is 41.4 Å². The third kappa shape index (κ3) is 5.47. The van der Waals surface area contributed by atoms with Gasteiger partial charge in [0.25, 0.3) is 0 Å². The maximum Gasteiger partial charge on any atom is 0.317 e. The van der Waals surface area contributed by atoms with Crippen molar-refractivity contribution < 1.29 is 13.2 Å². The van der Waals surface area contributed by atoms with E-state index in [1.807, 2.05) is 38.1 Å². The summed E-state index contributed by atoms with van der Waals surface area (Å²) in [6.07, 6.45) is 5.44. The van der Waals surface area contributed by atoms with Gasteiger partial charge in [0.05, 0.1) is 4.90 Å². The number of urea groups is 1. The highest BCUT2D eigenvalue weighted by Gasteiger charge is 2.31. The van der Waals surface area contributed by atoms with Gasteiger partial charge in [0.1, 0.15) is 5.82 Å². The van der Waals surface area contributed by atoms with Crippen LogP contribution in [0.1, 0.15) is 36.0 Å². The number of hydrogen-bond donors (Lipinski definition) is 1. The molecule has 2 saturated heterocycles. The maximum absolute atomic E-state index is 13.1. The number of nitrogens with one attached hydrogen (secondary N) is 1. The molecule has 0 unspecified atom stereocenters. The first-order chi connectivity index (χ1) is 15.8. The van der Waals surface area contributed by atoms with E-state index in [0.29, 0.717) is 24.5 Å². The first-order valence-electron chi connectivity index (χ1n) is 11.6. The maximum atomic E-state index is 13.1. The van der Waals surface area contributed by atoms with Crippen LogP contribution in [0, 0.1) is 13.8 Å². The zero-order chi connectivity index (χ0) is 23.4. The number of carbonyl (C=O) groups is 1. The summed E-state index contributed by atoms with van der Waals surface area (Å²) in [6, 6.07) is 9.16. The van der Waals surface area contributed by atoms with Crippen molar-refractivity contribution in [1.29, 1.82) is 0 Å². The molecule has 8 nitrogen and oxygen atoms in total. The number of amides is 2. The number of sulfonamides is 1. The molecule has 33 heavy (non-hydrogen) atoms. The Morgan fingerprint density at radius 2 is 1.70 bits per heavy atom. The van der Waals surface area contributed by atoms with Gasteiger partial charge in [-0.25, -0.2) is 18.2 Å². The van der Waals surface area contributed by atoms with Gasteiger partial charge in [-0.2, -0.15) is 4.31 Å². The molecule has 2 fully saturated rings. The van der Waals surface area contributed by atoms with Crippen molar-refractivity contribution in [2.45, 2.75) is 44.6 Å². The van der Waals surface area contributed by atoms with Crippen LogP contribution in [0.5, 0.6) is 0 Å². The minimum Gasteiger partial charge on any atom is -0.357 e. The van der Waals surface area contributed by atoms with Gasteiger partial charge in [0.15, 0.2) is 0 Å². The van der Waals surface area contributed by atoms with Crippen LogP contribution < -0.4 is 10.2 Å². The molecule has 2 aliphatic heterocycles. The smallest absolute Gasteiger partial charge is 0.317 e. The van der Waals surface area contributed by atoms with E-state index in [4.69, 9.17) is 0 Å². The molecule has 0 saturated carbocycles. The Bertz CT molecular complexity index is 1090. The number of benzene rings is 1. The molecular weight excluding hydrogens is 438 g/mol. The third-order valence-electron chi connectivity index (χ3n) is 6.41.